The van der Waals surface area contributed by atoms with Gasteiger partial charge in [-0.25, -0.2) is 4.98 Å². The van der Waals surface area contributed by atoms with E-state index >= 15 is 0 Å². The van der Waals surface area contributed by atoms with Crippen molar-refractivity contribution in [1.29, 1.82) is 0 Å². The maximum atomic E-state index is 6.29. The average molecular weight is 446 g/mol. The number of halogens is 1. The minimum atomic E-state index is -0.0714. The zero-order valence-electron chi connectivity index (χ0n) is 16.9. The molecule has 3 aromatic carbocycles. The van der Waals surface area contributed by atoms with Crippen LogP contribution in [0.2, 0.25) is 5.02 Å². The van der Waals surface area contributed by atoms with Crippen molar-refractivity contribution in [1.82, 2.24) is 4.98 Å². The number of benzene rings is 3. The summed E-state index contributed by atoms with van der Waals surface area (Å²) in [4.78, 5) is 4.67. The summed E-state index contributed by atoms with van der Waals surface area (Å²) in [6, 6.07) is 24.2. The largest absolute Gasteiger partial charge is 0.485 e. The predicted molar refractivity (Wildman–Crippen MR) is 128 cm³/mol. The number of anilines is 1. The molecule has 0 aliphatic carbocycles. The van der Waals surface area contributed by atoms with Gasteiger partial charge in [0.1, 0.15) is 11.9 Å². The van der Waals surface area contributed by atoms with E-state index in [-0.39, 0.29) is 6.10 Å². The molecule has 0 radical (unpaired) electrons. The van der Waals surface area contributed by atoms with Gasteiger partial charge in [-0.1, -0.05) is 65.7 Å². The van der Waals surface area contributed by atoms with Gasteiger partial charge >= 0.3 is 0 Å². The van der Waals surface area contributed by atoms with E-state index in [4.69, 9.17) is 21.4 Å². The highest BCUT2D eigenvalue weighted by molar-refractivity contribution is 7.14. The Morgan fingerprint density at radius 3 is 2.68 bits per heavy atom. The second kappa shape index (κ2) is 8.53. The normalized spacial score (nSPS) is 16.6. The smallest absolute Gasteiger partial charge is 0.203 e. The Morgan fingerprint density at radius 2 is 1.87 bits per heavy atom. The summed E-state index contributed by atoms with van der Waals surface area (Å²) in [6.45, 7) is 2.08. The van der Waals surface area contributed by atoms with Crippen LogP contribution in [0.15, 0.2) is 83.3 Å². The number of thiazole rings is 1. The van der Waals surface area contributed by atoms with Crippen LogP contribution in [0.1, 0.15) is 29.2 Å². The third kappa shape index (κ3) is 4.33. The minimum absolute atomic E-state index is 0.0714. The molecule has 0 amide bonds. The quantitative estimate of drug-likeness (QED) is 0.340. The van der Waals surface area contributed by atoms with Crippen LogP contribution in [0.3, 0.4) is 0 Å². The topological polar surface area (TPSA) is 46.5 Å². The zero-order chi connectivity index (χ0) is 21.2. The van der Waals surface area contributed by atoms with Crippen LogP contribution in [0.4, 0.5) is 5.13 Å². The van der Waals surface area contributed by atoms with Crippen molar-refractivity contribution in [3.63, 3.8) is 0 Å². The standard InChI is InChI=1S/C25H20ClN3OS/c1-16-7-12-23-20(13-16)21(14-24(30-23)18-5-3-2-4-6-18)28-29-25-27-22(15-31-25)17-8-10-19(26)11-9-17/h2-13,15,24H,14H2,1H3,(H,27,29)/b28-21+. The molecule has 0 fully saturated rings. The van der Waals surface area contributed by atoms with Crippen LogP contribution in [-0.4, -0.2) is 10.7 Å². The molecule has 0 bridgehead atoms. The summed E-state index contributed by atoms with van der Waals surface area (Å²) in [7, 11) is 0. The highest BCUT2D eigenvalue weighted by atomic mass is 35.5. The number of rotatable bonds is 4. The van der Waals surface area contributed by atoms with Gasteiger partial charge in [-0.15, -0.1) is 11.3 Å². The van der Waals surface area contributed by atoms with Gasteiger partial charge in [-0.3, -0.25) is 5.43 Å². The van der Waals surface area contributed by atoms with Crippen molar-refractivity contribution in [2.75, 3.05) is 5.43 Å². The van der Waals surface area contributed by atoms with Gasteiger partial charge in [-0.05, 0) is 36.8 Å². The van der Waals surface area contributed by atoms with Crippen LogP contribution in [0.25, 0.3) is 11.3 Å². The Hall–Kier alpha value is -3.15. The van der Waals surface area contributed by atoms with E-state index in [1.54, 1.807) is 0 Å². The maximum absolute atomic E-state index is 6.29. The molecule has 1 unspecified atom stereocenters. The molecule has 31 heavy (non-hydrogen) atoms. The highest BCUT2D eigenvalue weighted by Crippen LogP contribution is 2.36. The van der Waals surface area contributed by atoms with Crippen molar-refractivity contribution < 1.29 is 4.74 Å². The number of aryl methyl sites for hydroxylation is 1. The van der Waals surface area contributed by atoms with Gasteiger partial charge < -0.3 is 4.74 Å². The van der Waals surface area contributed by atoms with Crippen molar-refractivity contribution in [2.24, 2.45) is 5.10 Å². The van der Waals surface area contributed by atoms with Crippen LogP contribution >= 0.6 is 22.9 Å². The summed E-state index contributed by atoms with van der Waals surface area (Å²) in [5, 5.41) is 8.22. The first-order valence-corrected chi connectivity index (χ1v) is 11.3. The third-order valence-corrected chi connectivity index (χ3v) is 6.19. The van der Waals surface area contributed by atoms with Gasteiger partial charge in [0.25, 0.3) is 0 Å². The zero-order valence-corrected chi connectivity index (χ0v) is 18.5. The number of aromatic nitrogens is 1. The SMILES string of the molecule is Cc1ccc2c(c1)/C(=N/Nc1nc(-c3ccc(Cl)cc3)cs1)CC(c1ccccc1)O2. The van der Waals surface area contributed by atoms with Crippen molar-refractivity contribution >= 4 is 33.8 Å². The Labute approximate surface area is 190 Å². The second-order valence-corrected chi connectivity index (χ2v) is 8.73. The summed E-state index contributed by atoms with van der Waals surface area (Å²) < 4.78 is 6.29. The number of nitrogens with one attached hydrogen (secondary N) is 1. The minimum Gasteiger partial charge on any atom is -0.485 e. The lowest BCUT2D eigenvalue weighted by atomic mass is 9.94. The Bertz CT molecular complexity index is 1240. The number of hydrogen-bond acceptors (Lipinski definition) is 5. The molecule has 0 spiro atoms. The molecule has 1 aliphatic rings. The predicted octanol–water partition coefficient (Wildman–Crippen LogP) is 7.11. The number of hydrazone groups is 1. The van der Waals surface area contributed by atoms with Crippen molar-refractivity contribution in [3.05, 3.63) is 99.9 Å². The summed E-state index contributed by atoms with van der Waals surface area (Å²) >= 11 is 7.52. The molecular formula is C25H20ClN3OS. The lowest BCUT2D eigenvalue weighted by Crippen LogP contribution is -2.22. The van der Waals surface area contributed by atoms with Crippen molar-refractivity contribution in [3.8, 4) is 17.0 Å². The van der Waals surface area contributed by atoms with E-state index in [9.17, 15) is 0 Å². The highest BCUT2D eigenvalue weighted by Gasteiger charge is 2.26. The van der Waals surface area contributed by atoms with Gasteiger partial charge in [0.05, 0.1) is 11.4 Å². The Morgan fingerprint density at radius 1 is 1.06 bits per heavy atom. The van der Waals surface area contributed by atoms with E-state index < -0.39 is 0 Å². The molecule has 5 rings (SSSR count). The van der Waals surface area contributed by atoms with Gasteiger partial charge in [-0.2, -0.15) is 5.10 Å². The number of nitrogens with zero attached hydrogens (tertiary/aromatic N) is 2. The van der Waals surface area contributed by atoms with Crippen molar-refractivity contribution in [2.45, 2.75) is 19.4 Å². The number of hydrogen-bond donors (Lipinski definition) is 1. The molecular weight excluding hydrogens is 426 g/mol. The maximum Gasteiger partial charge on any atom is 0.203 e. The molecule has 1 aromatic heterocycles. The summed E-state index contributed by atoms with van der Waals surface area (Å²) in [5.74, 6) is 0.854. The van der Waals surface area contributed by atoms with Crippen LogP contribution in [-0.2, 0) is 0 Å². The lowest BCUT2D eigenvalue weighted by molar-refractivity contribution is 0.206. The Balaban J connectivity index is 1.43. The number of fused-ring (bicyclic) bond motifs is 1. The first-order valence-electron chi connectivity index (χ1n) is 10.0. The second-order valence-electron chi connectivity index (χ2n) is 7.44. The molecule has 1 N–H and O–H groups in total. The first-order chi connectivity index (χ1) is 15.2. The van der Waals surface area contributed by atoms with E-state index in [0.717, 1.165) is 39.0 Å². The van der Waals surface area contributed by atoms with Crippen LogP contribution in [0, 0.1) is 6.92 Å². The first kappa shape index (κ1) is 19.8. The molecule has 1 atom stereocenters. The van der Waals surface area contributed by atoms with E-state index in [2.05, 4.69) is 41.6 Å². The average Bonchev–Trinajstić information content (AvgIpc) is 3.27. The molecule has 0 saturated heterocycles. The fourth-order valence-corrected chi connectivity index (χ4v) is 4.39. The number of ether oxygens (including phenoxy) is 1. The third-order valence-electron chi connectivity index (χ3n) is 5.20. The van der Waals surface area contributed by atoms with E-state index in [1.807, 2.05) is 53.9 Å². The molecule has 0 saturated carbocycles. The van der Waals surface area contributed by atoms with E-state index in [0.29, 0.717) is 11.4 Å². The molecule has 4 aromatic rings. The van der Waals surface area contributed by atoms with Gasteiger partial charge in [0.2, 0.25) is 5.13 Å². The van der Waals surface area contributed by atoms with Gasteiger partial charge in [0.15, 0.2) is 0 Å². The fraction of sp³-hybridized carbons (Fsp3) is 0.120. The molecule has 2 heterocycles. The molecule has 154 valence electrons. The van der Waals surface area contributed by atoms with E-state index in [1.165, 1.54) is 16.9 Å². The van der Waals surface area contributed by atoms with Gasteiger partial charge in [0, 0.05) is 28.0 Å². The molecule has 1 aliphatic heterocycles. The summed E-state index contributed by atoms with van der Waals surface area (Å²) in [6.07, 6.45) is 0.612. The molecule has 4 nitrogen and oxygen atoms in total. The molecule has 6 heteroatoms. The van der Waals surface area contributed by atoms with Crippen LogP contribution in [0.5, 0.6) is 5.75 Å². The van der Waals surface area contributed by atoms with Crippen LogP contribution < -0.4 is 10.2 Å². The lowest BCUT2D eigenvalue weighted by Gasteiger charge is -2.27. The monoisotopic (exact) mass is 445 g/mol. The fourth-order valence-electron chi connectivity index (χ4n) is 3.61. The Kier molecular flexibility index (Phi) is 5.45. The summed E-state index contributed by atoms with van der Waals surface area (Å²) in [5.41, 5.74) is 9.38.